The number of carbonyl (C=O) groups is 3. The van der Waals surface area contributed by atoms with Crippen LogP contribution in [0.1, 0.15) is 219 Å². The van der Waals surface area contributed by atoms with E-state index in [0.29, 0.717) is 17.4 Å². The van der Waals surface area contributed by atoms with E-state index >= 15 is 0 Å². The minimum absolute atomic E-state index is 0.180. The summed E-state index contributed by atoms with van der Waals surface area (Å²) in [5.74, 6) is -2.00. The van der Waals surface area contributed by atoms with Gasteiger partial charge in [0.15, 0.2) is 6.10 Å². The molecule has 0 aromatic heterocycles. The fourth-order valence-corrected chi connectivity index (χ4v) is 7.12. The molecule has 0 saturated heterocycles. The van der Waals surface area contributed by atoms with Crippen molar-refractivity contribution in [1.29, 1.82) is 0 Å². The Labute approximate surface area is 387 Å². The van der Waals surface area contributed by atoms with Gasteiger partial charge in [-0.1, -0.05) is 204 Å². The molecular weight excluding hydrogens is 791 g/mol. The molecule has 366 valence electrons. The van der Waals surface area contributed by atoms with Crippen LogP contribution in [0.2, 0.25) is 0 Å². The van der Waals surface area contributed by atoms with Gasteiger partial charge in [0.2, 0.25) is 0 Å². The van der Waals surface area contributed by atoms with Crippen molar-refractivity contribution in [2.45, 2.75) is 232 Å². The van der Waals surface area contributed by atoms with Gasteiger partial charge < -0.3 is 28.5 Å². The SMILES string of the molecule is CC/C=C\C/C=C\C/C=C\C/C=C\CCCCCCCCCCCCCCC(=O)OC(COC(=O)CCCCCCCCCCCCCCC)COC(OCC[N+](C)(C)C)C(=O)O. The Morgan fingerprint density at radius 3 is 1.35 bits per heavy atom. The molecular formula is C54H98NO8+. The van der Waals surface area contributed by atoms with E-state index < -0.39 is 24.3 Å². The van der Waals surface area contributed by atoms with Crippen LogP contribution in [-0.4, -0.2) is 87.4 Å². The molecule has 0 aliphatic carbocycles. The van der Waals surface area contributed by atoms with E-state index in [1.807, 2.05) is 21.1 Å². The zero-order valence-corrected chi connectivity index (χ0v) is 41.5. The van der Waals surface area contributed by atoms with Crippen LogP contribution in [0.3, 0.4) is 0 Å². The van der Waals surface area contributed by atoms with Crippen LogP contribution in [0, 0.1) is 0 Å². The molecule has 0 radical (unpaired) electrons. The van der Waals surface area contributed by atoms with Crippen LogP contribution >= 0.6 is 0 Å². The molecule has 0 aliphatic heterocycles. The Morgan fingerprint density at radius 2 is 0.905 bits per heavy atom. The minimum atomic E-state index is -1.51. The quantitative estimate of drug-likeness (QED) is 0.0212. The van der Waals surface area contributed by atoms with Gasteiger partial charge in [0, 0.05) is 12.8 Å². The number of carboxylic acid groups (broad SMARTS) is 1. The smallest absolute Gasteiger partial charge is 0.361 e. The number of hydrogen-bond donors (Lipinski definition) is 1. The molecule has 0 aromatic rings. The molecule has 0 spiro atoms. The normalized spacial score (nSPS) is 13.2. The van der Waals surface area contributed by atoms with E-state index in [2.05, 4.69) is 62.5 Å². The van der Waals surface area contributed by atoms with Gasteiger partial charge in [-0.15, -0.1) is 0 Å². The average Bonchev–Trinajstić information content (AvgIpc) is 3.24. The molecule has 0 fully saturated rings. The van der Waals surface area contributed by atoms with Crippen LogP contribution in [0.5, 0.6) is 0 Å². The molecule has 2 unspecified atom stereocenters. The van der Waals surface area contributed by atoms with Crippen molar-refractivity contribution in [1.82, 2.24) is 0 Å². The molecule has 9 heteroatoms. The fraction of sp³-hybridized carbons (Fsp3) is 0.796. The lowest BCUT2D eigenvalue weighted by Gasteiger charge is -2.25. The van der Waals surface area contributed by atoms with Crippen molar-refractivity contribution in [3.05, 3.63) is 48.6 Å². The van der Waals surface area contributed by atoms with Gasteiger partial charge in [-0.05, 0) is 51.4 Å². The summed E-state index contributed by atoms with van der Waals surface area (Å²) in [7, 11) is 5.96. The van der Waals surface area contributed by atoms with Gasteiger partial charge in [0.25, 0.3) is 6.29 Å². The second-order valence-electron chi connectivity index (χ2n) is 18.5. The Balaban J connectivity index is 4.26. The van der Waals surface area contributed by atoms with Gasteiger partial charge in [-0.3, -0.25) is 9.59 Å². The topological polar surface area (TPSA) is 108 Å². The summed E-state index contributed by atoms with van der Waals surface area (Å²) in [5, 5.41) is 9.66. The van der Waals surface area contributed by atoms with E-state index in [9.17, 15) is 19.5 Å². The van der Waals surface area contributed by atoms with Gasteiger partial charge in [-0.25, -0.2) is 4.79 Å². The van der Waals surface area contributed by atoms with Crippen LogP contribution in [0.15, 0.2) is 48.6 Å². The minimum Gasteiger partial charge on any atom is -0.477 e. The third-order valence-electron chi connectivity index (χ3n) is 11.1. The molecule has 0 aromatic carbocycles. The summed E-state index contributed by atoms with van der Waals surface area (Å²) in [6.45, 7) is 4.77. The van der Waals surface area contributed by atoms with Crippen molar-refractivity contribution in [2.24, 2.45) is 0 Å². The van der Waals surface area contributed by atoms with Gasteiger partial charge in [-0.2, -0.15) is 0 Å². The molecule has 0 heterocycles. The van der Waals surface area contributed by atoms with Gasteiger partial charge >= 0.3 is 17.9 Å². The summed E-state index contributed by atoms with van der Waals surface area (Å²) in [6, 6.07) is 0. The zero-order valence-electron chi connectivity index (χ0n) is 41.5. The number of rotatable bonds is 47. The first-order valence-electron chi connectivity index (χ1n) is 25.8. The zero-order chi connectivity index (χ0) is 46.3. The highest BCUT2D eigenvalue weighted by atomic mass is 16.7. The number of esters is 2. The molecule has 0 saturated carbocycles. The number of carbonyl (C=O) groups excluding carboxylic acids is 2. The number of quaternary nitrogens is 1. The Morgan fingerprint density at radius 1 is 0.492 bits per heavy atom. The molecule has 0 amide bonds. The number of allylic oxidation sites excluding steroid dienone is 8. The van der Waals surface area contributed by atoms with Crippen LogP contribution in [0.25, 0.3) is 0 Å². The maximum absolute atomic E-state index is 12.8. The lowest BCUT2D eigenvalue weighted by Crippen LogP contribution is -2.40. The van der Waals surface area contributed by atoms with Crippen LogP contribution < -0.4 is 0 Å². The van der Waals surface area contributed by atoms with Crippen molar-refractivity contribution in [2.75, 3.05) is 47.5 Å². The highest BCUT2D eigenvalue weighted by molar-refractivity contribution is 5.71. The maximum atomic E-state index is 12.8. The van der Waals surface area contributed by atoms with Crippen molar-refractivity contribution in [3.63, 3.8) is 0 Å². The van der Waals surface area contributed by atoms with E-state index in [0.717, 1.165) is 64.2 Å². The third kappa shape index (κ3) is 47.0. The van der Waals surface area contributed by atoms with Gasteiger partial charge in [0.05, 0.1) is 34.4 Å². The van der Waals surface area contributed by atoms with E-state index in [1.54, 1.807) is 0 Å². The number of aliphatic carboxylic acids is 1. The molecule has 0 bridgehead atoms. The van der Waals surface area contributed by atoms with Crippen molar-refractivity contribution >= 4 is 17.9 Å². The lowest BCUT2D eigenvalue weighted by molar-refractivity contribution is -0.870. The first-order valence-corrected chi connectivity index (χ1v) is 25.8. The molecule has 63 heavy (non-hydrogen) atoms. The molecule has 2 atom stereocenters. The lowest BCUT2D eigenvalue weighted by atomic mass is 10.0. The summed E-state index contributed by atoms with van der Waals surface area (Å²) >= 11 is 0. The number of nitrogens with zero attached hydrogens (tertiary/aromatic N) is 1. The average molecular weight is 889 g/mol. The number of hydrogen-bond acceptors (Lipinski definition) is 7. The first-order chi connectivity index (χ1) is 30.6. The van der Waals surface area contributed by atoms with Crippen molar-refractivity contribution in [3.8, 4) is 0 Å². The summed E-state index contributed by atoms with van der Waals surface area (Å²) in [6.07, 6.45) is 51.7. The summed E-state index contributed by atoms with van der Waals surface area (Å²) in [5.41, 5.74) is 0. The molecule has 0 aliphatic rings. The second-order valence-corrected chi connectivity index (χ2v) is 18.5. The number of likely N-dealkylation sites (N-methyl/N-ethyl adjacent to an activating group) is 1. The Kier molecular flexibility index (Phi) is 43.8. The van der Waals surface area contributed by atoms with E-state index in [-0.39, 0.29) is 32.2 Å². The summed E-state index contributed by atoms with van der Waals surface area (Å²) < 4.78 is 22.8. The van der Waals surface area contributed by atoms with E-state index in [1.165, 1.54) is 128 Å². The number of carboxylic acids is 1. The standard InChI is InChI=1S/C54H97NO8/c1-6-8-10-12-14-16-18-20-21-22-23-24-25-26-27-28-29-30-31-33-35-37-39-41-43-45-52(57)63-50(49-62-54(53(58)59)60-47-46-55(3,4)5)48-61-51(56)44-42-40-38-36-34-32-19-17-15-13-11-9-7-2/h8,10,14,16,20-21,23-24,50,54H,6-7,9,11-13,15,17-19,22,25-49H2,1-5H3/p+1/b10-8-,16-14-,21-20-,24-23-. The van der Waals surface area contributed by atoms with Crippen molar-refractivity contribution < 1.29 is 42.9 Å². The highest BCUT2D eigenvalue weighted by Crippen LogP contribution is 2.16. The highest BCUT2D eigenvalue weighted by Gasteiger charge is 2.25. The Hall–Kier alpha value is -2.75. The Bertz CT molecular complexity index is 1170. The van der Waals surface area contributed by atoms with Crippen LogP contribution in [0.4, 0.5) is 0 Å². The fourth-order valence-electron chi connectivity index (χ4n) is 7.12. The monoisotopic (exact) mass is 889 g/mol. The largest absolute Gasteiger partial charge is 0.477 e. The predicted octanol–water partition coefficient (Wildman–Crippen LogP) is 14.3. The number of ether oxygens (including phenoxy) is 4. The van der Waals surface area contributed by atoms with Gasteiger partial charge in [0.1, 0.15) is 13.2 Å². The summed E-state index contributed by atoms with van der Waals surface area (Å²) in [4.78, 5) is 37.2. The van der Waals surface area contributed by atoms with Crippen LogP contribution in [-0.2, 0) is 33.3 Å². The second kappa shape index (κ2) is 45.8. The predicted molar refractivity (Wildman–Crippen MR) is 263 cm³/mol. The van der Waals surface area contributed by atoms with E-state index in [4.69, 9.17) is 18.9 Å². The molecule has 0 rings (SSSR count). The third-order valence-corrected chi connectivity index (χ3v) is 11.1. The molecule has 1 N–H and O–H groups in total. The maximum Gasteiger partial charge on any atom is 0.361 e. The molecule has 9 nitrogen and oxygen atoms in total. The number of unbranched alkanes of at least 4 members (excludes halogenated alkanes) is 24. The first kappa shape index (κ1) is 60.2.